The van der Waals surface area contributed by atoms with E-state index in [2.05, 4.69) is 12.2 Å². The lowest BCUT2D eigenvalue weighted by molar-refractivity contribution is -0.143. The third-order valence-corrected chi connectivity index (χ3v) is 4.86. The van der Waals surface area contributed by atoms with Crippen LogP contribution in [0, 0.1) is 6.92 Å². The fourth-order valence-corrected chi connectivity index (χ4v) is 3.19. The molecule has 0 saturated heterocycles. The Morgan fingerprint density at radius 3 is 2.59 bits per heavy atom. The molecule has 1 aromatic carbocycles. The van der Waals surface area contributed by atoms with Crippen LogP contribution in [0.15, 0.2) is 27.4 Å². The zero-order chi connectivity index (χ0) is 21.6. The average molecular weight is 403 g/mol. The number of aryl methyl sites for hydroxylation is 2. The number of nitrogens with one attached hydrogen (secondary N) is 1. The van der Waals surface area contributed by atoms with Gasteiger partial charge in [-0.25, -0.2) is 9.59 Å². The number of carbonyl (C=O) groups excluding carboxylic acids is 1. The van der Waals surface area contributed by atoms with Gasteiger partial charge in [0, 0.05) is 17.0 Å². The van der Waals surface area contributed by atoms with Crippen LogP contribution in [0.3, 0.4) is 0 Å². The quantitative estimate of drug-likeness (QED) is 0.588. The number of fused-ring (bicyclic) bond motifs is 1. The van der Waals surface area contributed by atoms with Crippen LogP contribution in [0.1, 0.15) is 57.6 Å². The maximum absolute atomic E-state index is 12.4. The first-order valence-corrected chi connectivity index (χ1v) is 10.0. The largest absolute Gasteiger partial charge is 0.480 e. The van der Waals surface area contributed by atoms with Crippen molar-refractivity contribution in [2.45, 2.75) is 71.9 Å². The predicted molar refractivity (Wildman–Crippen MR) is 110 cm³/mol. The van der Waals surface area contributed by atoms with E-state index in [0.29, 0.717) is 29.7 Å². The molecular weight excluding hydrogens is 374 g/mol. The van der Waals surface area contributed by atoms with E-state index in [1.807, 2.05) is 13.0 Å². The van der Waals surface area contributed by atoms with Gasteiger partial charge in [-0.1, -0.05) is 26.7 Å². The van der Waals surface area contributed by atoms with Crippen molar-refractivity contribution in [1.82, 2.24) is 5.32 Å². The number of ether oxygens (including phenoxy) is 1. The minimum absolute atomic E-state index is 0.342. The maximum Gasteiger partial charge on any atom is 0.336 e. The fourth-order valence-electron chi connectivity index (χ4n) is 3.19. The molecule has 0 radical (unpaired) electrons. The SMILES string of the molecule is CCCCc1cc(=O)oc2c(C)c(OC(C)C(=O)NC(CCC)C(=O)O)ccc12. The number of carbonyl (C=O) groups is 2. The van der Waals surface area contributed by atoms with E-state index in [1.165, 1.54) is 6.07 Å². The summed E-state index contributed by atoms with van der Waals surface area (Å²) in [4.78, 5) is 35.6. The monoisotopic (exact) mass is 403 g/mol. The lowest BCUT2D eigenvalue weighted by Crippen LogP contribution is -2.46. The molecule has 2 aromatic rings. The second-order valence-corrected chi connectivity index (χ2v) is 7.21. The van der Waals surface area contributed by atoms with Gasteiger partial charge in [-0.15, -0.1) is 0 Å². The molecule has 0 aliphatic heterocycles. The Bertz CT molecular complexity index is 933. The summed E-state index contributed by atoms with van der Waals surface area (Å²) < 4.78 is 11.2. The number of rotatable bonds is 10. The van der Waals surface area contributed by atoms with Gasteiger partial charge in [-0.3, -0.25) is 4.79 Å². The van der Waals surface area contributed by atoms with Gasteiger partial charge >= 0.3 is 11.6 Å². The van der Waals surface area contributed by atoms with E-state index in [4.69, 9.17) is 9.15 Å². The highest BCUT2D eigenvalue weighted by Gasteiger charge is 2.24. The first-order chi connectivity index (χ1) is 13.8. The minimum atomic E-state index is -1.07. The molecule has 1 heterocycles. The Morgan fingerprint density at radius 2 is 1.97 bits per heavy atom. The van der Waals surface area contributed by atoms with E-state index >= 15 is 0 Å². The van der Waals surface area contributed by atoms with Crippen molar-refractivity contribution in [3.63, 3.8) is 0 Å². The normalized spacial score (nSPS) is 13.1. The molecule has 2 rings (SSSR count). The summed E-state index contributed by atoms with van der Waals surface area (Å²) in [5.74, 6) is -1.17. The van der Waals surface area contributed by atoms with Crippen LogP contribution >= 0.6 is 0 Å². The molecule has 7 heteroatoms. The molecule has 29 heavy (non-hydrogen) atoms. The predicted octanol–water partition coefficient (Wildman–Crippen LogP) is 3.58. The van der Waals surface area contributed by atoms with E-state index in [9.17, 15) is 19.5 Å². The first kappa shape index (κ1) is 22.5. The van der Waals surface area contributed by atoms with Gasteiger partial charge in [0.15, 0.2) is 6.10 Å². The third kappa shape index (κ3) is 5.59. The second-order valence-electron chi connectivity index (χ2n) is 7.21. The van der Waals surface area contributed by atoms with Crippen LogP contribution in [-0.4, -0.2) is 29.1 Å². The molecule has 0 bridgehead atoms. The number of unbranched alkanes of at least 4 members (excludes halogenated alkanes) is 1. The third-order valence-electron chi connectivity index (χ3n) is 4.86. The summed E-state index contributed by atoms with van der Waals surface area (Å²) in [6.45, 7) is 7.26. The molecule has 2 atom stereocenters. The molecule has 0 fully saturated rings. The molecule has 2 N–H and O–H groups in total. The van der Waals surface area contributed by atoms with Gasteiger partial charge < -0.3 is 19.6 Å². The number of hydrogen-bond donors (Lipinski definition) is 2. The van der Waals surface area contributed by atoms with E-state index in [0.717, 1.165) is 30.2 Å². The van der Waals surface area contributed by atoms with Crippen LogP contribution in [0.5, 0.6) is 5.75 Å². The average Bonchev–Trinajstić information content (AvgIpc) is 2.67. The molecule has 1 amide bonds. The molecule has 0 spiro atoms. The number of aliphatic carboxylic acids is 1. The number of carboxylic acids is 1. The molecule has 0 saturated carbocycles. The highest BCUT2D eigenvalue weighted by Crippen LogP contribution is 2.29. The van der Waals surface area contributed by atoms with E-state index in [-0.39, 0.29) is 0 Å². The van der Waals surface area contributed by atoms with Gasteiger partial charge in [0.2, 0.25) is 0 Å². The molecule has 7 nitrogen and oxygen atoms in total. The Kier molecular flexibility index (Phi) is 7.82. The Morgan fingerprint density at radius 1 is 1.24 bits per heavy atom. The van der Waals surface area contributed by atoms with Crippen molar-refractivity contribution >= 4 is 22.8 Å². The first-order valence-electron chi connectivity index (χ1n) is 10.0. The summed E-state index contributed by atoms with van der Waals surface area (Å²) in [5, 5.41) is 12.6. The molecule has 158 valence electrons. The summed E-state index contributed by atoms with van der Waals surface area (Å²) in [5.41, 5.74) is 1.59. The number of carboxylic acid groups (broad SMARTS) is 1. The smallest absolute Gasteiger partial charge is 0.336 e. The van der Waals surface area contributed by atoms with Crippen molar-refractivity contribution < 1.29 is 23.8 Å². The van der Waals surface area contributed by atoms with Crippen LogP contribution in [0.2, 0.25) is 0 Å². The van der Waals surface area contributed by atoms with Crippen molar-refractivity contribution in [3.05, 3.63) is 39.7 Å². The second kappa shape index (κ2) is 10.1. The summed E-state index contributed by atoms with van der Waals surface area (Å²) in [6.07, 6.45) is 2.84. The van der Waals surface area contributed by atoms with Crippen molar-refractivity contribution in [2.75, 3.05) is 0 Å². The number of hydrogen-bond acceptors (Lipinski definition) is 5. The lowest BCUT2D eigenvalue weighted by atomic mass is 10.0. The Labute approximate surface area is 170 Å². The lowest BCUT2D eigenvalue weighted by Gasteiger charge is -2.20. The zero-order valence-electron chi connectivity index (χ0n) is 17.4. The molecule has 0 aliphatic carbocycles. The molecule has 1 aromatic heterocycles. The van der Waals surface area contributed by atoms with Crippen molar-refractivity contribution in [3.8, 4) is 5.75 Å². The van der Waals surface area contributed by atoms with Gasteiger partial charge in [0.25, 0.3) is 5.91 Å². The topological polar surface area (TPSA) is 106 Å². The maximum atomic E-state index is 12.4. The van der Waals surface area contributed by atoms with E-state index < -0.39 is 29.6 Å². The molecule has 2 unspecified atom stereocenters. The molecular formula is C22H29NO6. The number of benzene rings is 1. The Balaban J connectivity index is 2.25. The highest BCUT2D eigenvalue weighted by molar-refractivity contribution is 5.87. The van der Waals surface area contributed by atoms with E-state index in [1.54, 1.807) is 19.9 Å². The van der Waals surface area contributed by atoms with Gasteiger partial charge in [0.1, 0.15) is 17.4 Å². The Hall–Kier alpha value is -2.83. The fraction of sp³-hybridized carbons (Fsp3) is 0.500. The standard InChI is InChI=1S/C22H29NO6/c1-5-7-9-15-12-19(24)29-20-13(3)18(11-10-16(15)20)28-14(4)21(25)23-17(8-6-2)22(26)27/h10-12,14,17H,5-9H2,1-4H3,(H,23,25)(H,26,27). The zero-order valence-corrected chi connectivity index (χ0v) is 17.4. The highest BCUT2D eigenvalue weighted by atomic mass is 16.5. The van der Waals surface area contributed by atoms with Crippen LogP contribution < -0.4 is 15.7 Å². The summed E-state index contributed by atoms with van der Waals surface area (Å²) in [7, 11) is 0. The van der Waals surface area contributed by atoms with Crippen LogP contribution in [0.4, 0.5) is 0 Å². The number of amides is 1. The molecule has 0 aliphatic rings. The van der Waals surface area contributed by atoms with Gasteiger partial charge in [-0.2, -0.15) is 0 Å². The van der Waals surface area contributed by atoms with Crippen LogP contribution in [-0.2, 0) is 16.0 Å². The van der Waals surface area contributed by atoms with Crippen molar-refractivity contribution in [1.29, 1.82) is 0 Å². The van der Waals surface area contributed by atoms with Crippen molar-refractivity contribution in [2.24, 2.45) is 0 Å². The van der Waals surface area contributed by atoms with Crippen LogP contribution in [0.25, 0.3) is 11.0 Å². The summed E-state index contributed by atoms with van der Waals surface area (Å²) >= 11 is 0. The van der Waals surface area contributed by atoms with Gasteiger partial charge in [0.05, 0.1) is 0 Å². The van der Waals surface area contributed by atoms with Gasteiger partial charge in [-0.05, 0) is 50.8 Å². The summed E-state index contributed by atoms with van der Waals surface area (Å²) in [6, 6.07) is 4.15. The minimum Gasteiger partial charge on any atom is -0.480 e.